The van der Waals surface area contributed by atoms with Gasteiger partial charge in [0.2, 0.25) is 10.0 Å². The number of hydrogen-bond acceptors (Lipinski definition) is 5. The summed E-state index contributed by atoms with van der Waals surface area (Å²) >= 11 is 6.73. The first-order chi connectivity index (χ1) is 17.7. The van der Waals surface area contributed by atoms with Gasteiger partial charge in [0.05, 0.1) is 10.7 Å². The van der Waals surface area contributed by atoms with Crippen molar-refractivity contribution in [3.05, 3.63) is 71.2 Å². The van der Waals surface area contributed by atoms with Gasteiger partial charge in [-0.05, 0) is 49.1 Å². The monoisotopic (exact) mass is 540 g/mol. The van der Waals surface area contributed by atoms with Crippen LogP contribution in [0.4, 0.5) is 11.4 Å². The molecule has 3 aromatic rings. The Bertz CT molecular complexity index is 1440. The zero-order valence-corrected chi connectivity index (χ0v) is 22.0. The highest BCUT2D eigenvalue weighted by atomic mass is 35.5. The Morgan fingerprint density at radius 3 is 2.35 bits per heavy atom. The second-order valence-electron chi connectivity index (χ2n) is 9.74. The van der Waals surface area contributed by atoms with E-state index in [4.69, 9.17) is 11.6 Å². The molecule has 0 bridgehead atoms. The molecule has 2 N–H and O–H groups in total. The van der Waals surface area contributed by atoms with Crippen LogP contribution >= 0.6 is 11.6 Å². The van der Waals surface area contributed by atoms with Crippen molar-refractivity contribution in [3.63, 3.8) is 0 Å². The van der Waals surface area contributed by atoms with Gasteiger partial charge in [-0.25, -0.2) is 13.2 Å². The second kappa shape index (κ2) is 10.0. The average Bonchev–Trinajstić information content (AvgIpc) is 2.97. The van der Waals surface area contributed by atoms with E-state index in [9.17, 15) is 23.4 Å². The number of nitrogens with zero attached hydrogens (tertiary/aromatic N) is 2. The standard InChI is InChI=1S/C28H29ClN2O5S/c1-30-25(18-9-4-2-5-10-18)17-31(19-11-6-3-7-12-19)24-16-23(29)22(15-26(24)37(30,35)36)20-13-8-14-21(27(20)32)28(33)34/h3,6-8,11-16,18,25,32H,2,4-5,9-10,17H2,1H3,(H,33,34)/t25-/m0/s1. The van der Waals surface area contributed by atoms with Crippen LogP contribution in [0.2, 0.25) is 5.02 Å². The van der Waals surface area contributed by atoms with Crippen LogP contribution in [-0.2, 0) is 10.0 Å². The molecule has 0 aromatic heterocycles. The van der Waals surface area contributed by atoms with Crippen LogP contribution in [0.3, 0.4) is 0 Å². The van der Waals surface area contributed by atoms with E-state index in [2.05, 4.69) is 0 Å². The van der Waals surface area contributed by atoms with Gasteiger partial charge in [0.1, 0.15) is 16.2 Å². The summed E-state index contributed by atoms with van der Waals surface area (Å²) in [5.74, 6) is -1.51. The first-order valence-corrected chi connectivity index (χ1v) is 14.2. The SMILES string of the molecule is CN1[C@H](C2CCCCC2)CN(c2ccccc2)c2cc(Cl)c(-c3cccc(C(=O)O)c3O)cc2S1(=O)=O. The average molecular weight is 541 g/mol. The van der Waals surface area contributed by atoms with E-state index in [1.807, 2.05) is 35.2 Å². The van der Waals surface area contributed by atoms with Crippen molar-refractivity contribution in [1.29, 1.82) is 0 Å². The molecular formula is C28H29ClN2O5S. The third-order valence-corrected chi connectivity index (χ3v) is 9.88. The maximum atomic E-state index is 14.1. The summed E-state index contributed by atoms with van der Waals surface area (Å²) in [6, 6.07) is 16.8. The number of carboxylic acids is 1. The Morgan fingerprint density at radius 1 is 0.973 bits per heavy atom. The minimum Gasteiger partial charge on any atom is -0.506 e. The molecule has 7 nitrogen and oxygen atoms in total. The summed E-state index contributed by atoms with van der Waals surface area (Å²) in [7, 11) is -2.31. The second-order valence-corrected chi connectivity index (χ2v) is 12.1. The van der Waals surface area contributed by atoms with Crippen molar-refractivity contribution >= 4 is 39.0 Å². The van der Waals surface area contributed by atoms with Gasteiger partial charge in [-0.1, -0.05) is 61.2 Å². The van der Waals surface area contributed by atoms with E-state index >= 15 is 0 Å². The van der Waals surface area contributed by atoms with E-state index in [1.54, 1.807) is 13.1 Å². The molecule has 1 heterocycles. The molecule has 1 fully saturated rings. The normalized spacial score (nSPS) is 20.3. The first-order valence-electron chi connectivity index (χ1n) is 12.4. The number of fused-ring (bicyclic) bond motifs is 1. The molecule has 1 saturated carbocycles. The number of sulfonamides is 1. The fourth-order valence-corrected chi connectivity index (χ4v) is 7.52. The number of benzene rings is 3. The largest absolute Gasteiger partial charge is 0.506 e. The molecule has 9 heteroatoms. The van der Waals surface area contributed by atoms with Crippen LogP contribution < -0.4 is 4.90 Å². The van der Waals surface area contributed by atoms with Gasteiger partial charge in [0.25, 0.3) is 0 Å². The number of likely N-dealkylation sites (N-methyl/N-ethyl adjacent to an activating group) is 1. The van der Waals surface area contributed by atoms with E-state index in [0.717, 1.165) is 31.4 Å². The molecule has 1 aliphatic carbocycles. The molecule has 0 amide bonds. The number of halogens is 1. The highest BCUT2D eigenvalue weighted by molar-refractivity contribution is 7.89. The maximum absolute atomic E-state index is 14.1. The molecule has 194 valence electrons. The molecule has 0 radical (unpaired) electrons. The molecular weight excluding hydrogens is 512 g/mol. The summed E-state index contributed by atoms with van der Waals surface area (Å²) in [5.41, 5.74) is 1.44. The topological polar surface area (TPSA) is 98.2 Å². The predicted molar refractivity (Wildman–Crippen MR) is 144 cm³/mol. The van der Waals surface area contributed by atoms with Gasteiger partial charge in [0, 0.05) is 36.4 Å². The van der Waals surface area contributed by atoms with Crippen LogP contribution in [0.15, 0.2) is 65.6 Å². The number of carbonyl (C=O) groups is 1. The van der Waals surface area contributed by atoms with Crippen LogP contribution in [-0.4, -0.2) is 48.5 Å². The fourth-order valence-electron chi connectivity index (χ4n) is 5.65. The Kier molecular flexibility index (Phi) is 6.91. The Hall–Kier alpha value is -3.07. The Morgan fingerprint density at radius 2 is 1.68 bits per heavy atom. The summed E-state index contributed by atoms with van der Waals surface area (Å²) in [5, 5.41) is 20.4. The van der Waals surface area contributed by atoms with Crippen molar-refractivity contribution in [2.75, 3.05) is 18.5 Å². The summed E-state index contributed by atoms with van der Waals surface area (Å²) in [6.07, 6.45) is 5.29. The van der Waals surface area contributed by atoms with Crippen molar-refractivity contribution in [3.8, 4) is 16.9 Å². The minimum atomic E-state index is -3.95. The molecule has 3 aromatic carbocycles. The summed E-state index contributed by atoms with van der Waals surface area (Å²) in [4.78, 5) is 13.7. The van der Waals surface area contributed by atoms with E-state index in [1.165, 1.54) is 35.0 Å². The Balaban J connectivity index is 1.73. The van der Waals surface area contributed by atoms with Crippen LogP contribution in [0.25, 0.3) is 11.1 Å². The van der Waals surface area contributed by atoms with Gasteiger partial charge in [0.15, 0.2) is 0 Å². The summed E-state index contributed by atoms with van der Waals surface area (Å²) < 4.78 is 29.7. The van der Waals surface area contributed by atoms with E-state index in [0.29, 0.717) is 12.2 Å². The third-order valence-electron chi connectivity index (χ3n) is 7.65. The maximum Gasteiger partial charge on any atom is 0.339 e. The number of para-hydroxylation sites is 2. The van der Waals surface area contributed by atoms with Gasteiger partial charge in [-0.2, -0.15) is 4.31 Å². The molecule has 0 unspecified atom stereocenters. The molecule has 0 spiro atoms. The highest BCUT2D eigenvalue weighted by Crippen LogP contribution is 2.46. The number of rotatable bonds is 4. The molecule has 37 heavy (non-hydrogen) atoms. The molecule has 2 aliphatic rings. The van der Waals surface area contributed by atoms with Gasteiger partial charge in [-0.3, -0.25) is 0 Å². The highest BCUT2D eigenvalue weighted by Gasteiger charge is 2.41. The van der Waals surface area contributed by atoms with Crippen LogP contribution in [0.1, 0.15) is 42.5 Å². The van der Waals surface area contributed by atoms with Crippen molar-refractivity contribution < 1.29 is 23.4 Å². The van der Waals surface area contributed by atoms with Gasteiger partial charge < -0.3 is 15.1 Å². The van der Waals surface area contributed by atoms with E-state index in [-0.39, 0.29) is 38.6 Å². The molecule has 1 aliphatic heterocycles. The van der Waals surface area contributed by atoms with Crippen LogP contribution in [0, 0.1) is 5.92 Å². The number of anilines is 2. The zero-order valence-electron chi connectivity index (χ0n) is 20.5. The lowest BCUT2D eigenvalue weighted by molar-refractivity contribution is 0.0694. The van der Waals surface area contributed by atoms with Crippen molar-refractivity contribution in [1.82, 2.24) is 4.31 Å². The van der Waals surface area contributed by atoms with Crippen molar-refractivity contribution in [2.24, 2.45) is 5.92 Å². The number of hydrogen-bond donors (Lipinski definition) is 2. The lowest BCUT2D eigenvalue weighted by Crippen LogP contribution is -2.46. The number of aromatic carboxylic acids is 1. The van der Waals surface area contributed by atoms with Gasteiger partial charge >= 0.3 is 5.97 Å². The quantitative estimate of drug-likeness (QED) is 0.413. The first kappa shape index (κ1) is 25.6. The summed E-state index contributed by atoms with van der Waals surface area (Å²) in [6.45, 7) is 0.479. The van der Waals surface area contributed by atoms with Crippen molar-refractivity contribution in [2.45, 2.75) is 43.0 Å². The molecule has 0 saturated heterocycles. The predicted octanol–water partition coefficient (Wildman–Crippen LogP) is 6.13. The lowest BCUT2D eigenvalue weighted by atomic mass is 9.83. The number of carboxylic acid groups (broad SMARTS) is 1. The zero-order chi connectivity index (χ0) is 26.3. The Labute approximate surface area is 222 Å². The fraction of sp³-hybridized carbons (Fsp3) is 0.321. The third kappa shape index (κ3) is 4.58. The number of aromatic hydroxyl groups is 1. The smallest absolute Gasteiger partial charge is 0.339 e. The van der Waals surface area contributed by atoms with Gasteiger partial charge in [-0.15, -0.1) is 0 Å². The minimum absolute atomic E-state index is 0.0664. The molecule has 5 rings (SSSR count). The number of phenols is 1. The van der Waals surface area contributed by atoms with Crippen LogP contribution in [0.5, 0.6) is 5.75 Å². The lowest BCUT2D eigenvalue weighted by Gasteiger charge is -2.36. The van der Waals surface area contributed by atoms with E-state index < -0.39 is 21.7 Å². The molecule has 1 atom stereocenters.